The number of amides is 1. The van der Waals surface area contributed by atoms with E-state index in [4.69, 9.17) is 16.3 Å². The molecule has 0 saturated carbocycles. The quantitative estimate of drug-likeness (QED) is 0.466. The minimum Gasteiger partial charge on any atom is -0.445 e. The largest absolute Gasteiger partial charge is 0.445 e. The minimum absolute atomic E-state index is 0.158. The summed E-state index contributed by atoms with van der Waals surface area (Å²) in [5.74, 6) is 0.996. The summed E-state index contributed by atoms with van der Waals surface area (Å²) >= 11 is 6.41. The van der Waals surface area contributed by atoms with Gasteiger partial charge in [-0.1, -0.05) is 29.8 Å². The molecule has 0 radical (unpaired) electrons. The molecule has 1 atom stereocenters. The lowest BCUT2D eigenvalue weighted by Crippen LogP contribution is -2.24. The van der Waals surface area contributed by atoms with Crippen molar-refractivity contribution in [2.75, 3.05) is 10.6 Å². The Morgan fingerprint density at radius 3 is 2.91 bits per heavy atom. The number of ether oxygens (including phenoxy) is 1. The predicted molar refractivity (Wildman–Crippen MR) is 125 cm³/mol. The Bertz CT molecular complexity index is 1180. The van der Waals surface area contributed by atoms with E-state index < -0.39 is 6.09 Å². The van der Waals surface area contributed by atoms with Gasteiger partial charge in [0.05, 0.1) is 12.2 Å². The molecule has 3 N–H and O–H groups in total. The average molecular weight is 450 g/mol. The molecule has 164 valence electrons. The van der Waals surface area contributed by atoms with Gasteiger partial charge >= 0.3 is 6.09 Å². The molecule has 8 heteroatoms. The molecule has 5 rings (SSSR count). The second-order valence-corrected chi connectivity index (χ2v) is 8.55. The number of nitrogens with one attached hydrogen (secondary N) is 3. The summed E-state index contributed by atoms with van der Waals surface area (Å²) in [5.41, 5.74) is 6.55. The number of anilines is 4. The predicted octanol–water partition coefficient (Wildman–Crippen LogP) is 5.80. The highest BCUT2D eigenvalue weighted by Gasteiger charge is 2.20. The summed E-state index contributed by atoms with van der Waals surface area (Å²) in [6.07, 6.45) is 5.77. The molecule has 2 aliphatic rings. The Kier molecular flexibility index (Phi) is 5.57. The van der Waals surface area contributed by atoms with E-state index in [9.17, 15) is 4.79 Å². The highest BCUT2D eigenvalue weighted by Crippen LogP contribution is 2.32. The molecule has 3 aromatic rings. The summed E-state index contributed by atoms with van der Waals surface area (Å²) in [7, 11) is 0. The van der Waals surface area contributed by atoms with Crippen molar-refractivity contribution in [2.45, 2.75) is 45.3 Å². The molecule has 32 heavy (non-hydrogen) atoms. The summed E-state index contributed by atoms with van der Waals surface area (Å²) in [4.78, 5) is 20.6. The zero-order valence-electron chi connectivity index (χ0n) is 17.7. The number of hydrogen-bond acceptors (Lipinski definition) is 6. The maximum absolute atomic E-state index is 11.7. The molecule has 0 saturated heterocycles. The minimum atomic E-state index is -0.414. The van der Waals surface area contributed by atoms with Crippen LogP contribution in [0.5, 0.6) is 0 Å². The number of carbonyl (C=O) groups excluding carboxylic acids is 1. The van der Waals surface area contributed by atoms with Crippen LogP contribution in [-0.4, -0.2) is 16.1 Å². The van der Waals surface area contributed by atoms with Crippen molar-refractivity contribution >= 4 is 40.8 Å². The first-order valence-electron chi connectivity index (χ1n) is 10.8. The summed E-state index contributed by atoms with van der Waals surface area (Å²) in [6.45, 7) is 2.18. The first-order valence-corrected chi connectivity index (χ1v) is 11.2. The van der Waals surface area contributed by atoms with Crippen molar-refractivity contribution in [1.82, 2.24) is 15.3 Å². The lowest BCUT2D eigenvalue weighted by Gasteiger charge is -2.20. The van der Waals surface area contributed by atoms with Gasteiger partial charge in [0, 0.05) is 11.4 Å². The van der Waals surface area contributed by atoms with Crippen molar-refractivity contribution in [1.29, 1.82) is 0 Å². The third-order valence-corrected chi connectivity index (χ3v) is 6.23. The van der Waals surface area contributed by atoms with Crippen LogP contribution in [0.1, 0.15) is 48.1 Å². The first kappa shape index (κ1) is 20.6. The molecular formula is C24H24ClN5O2. The maximum atomic E-state index is 11.7. The molecule has 0 bridgehead atoms. The molecule has 1 aliphatic carbocycles. The number of halogens is 1. The fraction of sp³-hybridized carbons (Fsp3) is 0.292. The van der Waals surface area contributed by atoms with Gasteiger partial charge in [0.2, 0.25) is 5.95 Å². The number of aryl methyl sites for hydroxylation is 1. The lowest BCUT2D eigenvalue weighted by atomic mass is 9.90. The van der Waals surface area contributed by atoms with Gasteiger partial charge in [0.25, 0.3) is 0 Å². The van der Waals surface area contributed by atoms with Crippen LogP contribution in [0.15, 0.2) is 42.6 Å². The van der Waals surface area contributed by atoms with Crippen molar-refractivity contribution in [3.05, 3.63) is 69.9 Å². The van der Waals surface area contributed by atoms with Crippen molar-refractivity contribution in [2.24, 2.45) is 0 Å². The number of benzene rings is 2. The molecular weight excluding hydrogens is 426 g/mol. The van der Waals surface area contributed by atoms with Gasteiger partial charge in [0.15, 0.2) is 5.82 Å². The van der Waals surface area contributed by atoms with E-state index in [1.165, 1.54) is 24.0 Å². The fourth-order valence-corrected chi connectivity index (χ4v) is 4.46. The summed E-state index contributed by atoms with van der Waals surface area (Å²) in [6, 6.07) is 12.0. The number of hydrogen-bond donors (Lipinski definition) is 3. The van der Waals surface area contributed by atoms with Gasteiger partial charge < -0.3 is 20.7 Å². The van der Waals surface area contributed by atoms with Crippen LogP contribution in [-0.2, 0) is 24.2 Å². The zero-order chi connectivity index (χ0) is 22.1. The van der Waals surface area contributed by atoms with Gasteiger partial charge in [-0.3, -0.25) is 0 Å². The van der Waals surface area contributed by atoms with Gasteiger partial charge in [-0.05, 0) is 73.1 Å². The molecule has 1 aromatic heterocycles. The van der Waals surface area contributed by atoms with E-state index in [-0.39, 0.29) is 12.6 Å². The first-order chi connectivity index (χ1) is 15.6. The number of rotatable bonds is 4. The van der Waals surface area contributed by atoms with E-state index in [2.05, 4.69) is 44.1 Å². The van der Waals surface area contributed by atoms with E-state index in [0.717, 1.165) is 35.3 Å². The molecule has 0 spiro atoms. The maximum Gasteiger partial charge on any atom is 0.407 e. The number of fused-ring (bicyclic) bond motifs is 2. The average Bonchev–Trinajstić information content (AvgIpc) is 2.94. The monoisotopic (exact) mass is 449 g/mol. The van der Waals surface area contributed by atoms with Gasteiger partial charge in [0.1, 0.15) is 11.6 Å². The topological polar surface area (TPSA) is 88.2 Å². The number of alkyl carbamates (subject to hydrolysis) is 1. The van der Waals surface area contributed by atoms with Crippen LogP contribution >= 0.6 is 11.6 Å². The van der Waals surface area contributed by atoms with Crippen molar-refractivity contribution in [3.63, 3.8) is 0 Å². The van der Waals surface area contributed by atoms with Crippen molar-refractivity contribution in [3.8, 4) is 0 Å². The lowest BCUT2D eigenvalue weighted by molar-refractivity contribution is 0.141. The fourth-order valence-electron chi connectivity index (χ4n) is 4.32. The van der Waals surface area contributed by atoms with Crippen LogP contribution in [0.4, 0.5) is 27.9 Å². The Morgan fingerprint density at radius 2 is 2.00 bits per heavy atom. The zero-order valence-corrected chi connectivity index (χ0v) is 18.5. The number of nitrogens with zero attached hydrogens (tertiary/aromatic N) is 2. The van der Waals surface area contributed by atoms with Gasteiger partial charge in [-0.25, -0.2) is 9.78 Å². The molecule has 0 fully saturated rings. The standard InChI is InChI=1S/C24H24ClN5O2/c1-14-19-11-17(10-9-16(19)13-32-24(31)27-14)28-23-26-12-20(25)22(30-23)29-21-8-4-6-15-5-2-3-7-18(15)21/h4,6,8-12,14H,2-3,5,7,13H2,1H3,(H,27,31)(H2,26,28,29,30)/t14-/m1/s1. The Balaban J connectivity index is 1.39. The number of aromatic nitrogens is 2. The third-order valence-electron chi connectivity index (χ3n) is 5.95. The SMILES string of the molecule is C[C@H]1NC(=O)OCc2ccc(Nc3ncc(Cl)c(Nc4cccc5c4CCCC5)n3)cc21. The van der Waals surface area contributed by atoms with Crippen LogP contribution in [0.3, 0.4) is 0 Å². The summed E-state index contributed by atoms with van der Waals surface area (Å²) < 4.78 is 5.16. The number of cyclic esters (lactones) is 1. The van der Waals surface area contributed by atoms with E-state index in [1.54, 1.807) is 6.20 Å². The van der Waals surface area contributed by atoms with Crippen LogP contribution < -0.4 is 16.0 Å². The van der Waals surface area contributed by atoms with E-state index in [0.29, 0.717) is 16.8 Å². The highest BCUT2D eigenvalue weighted by molar-refractivity contribution is 6.32. The number of carbonyl (C=O) groups is 1. The Labute approximate surface area is 191 Å². The van der Waals surface area contributed by atoms with Crippen LogP contribution in [0.25, 0.3) is 0 Å². The van der Waals surface area contributed by atoms with Crippen molar-refractivity contribution < 1.29 is 9.53 Å². The molecule has 7 nitrogen and oxygen atoms in total. The van der Waals surface area contributed by atoms with E-state index >= 15 is 0 Å². The van der Waals surface area contributed by atoms with Crippen LogP contribution in [0, 0.1) is 0 Å². The molecule has 1 aliphatic heterocycles. The molecule has 2 heterocycles. The van der Waals surface area contributed by atoms with Gasteiger partial charge in [-0.15, -0.1) is 0 Å². The Hall–Kier alpha value is -3.32. The third kappa shape index (κ3) is 4.21. The summed E-state index contributed by atoms with van der Waals surface area (Å²) in [5, 5.41) is 9.92. The Morgan fingerprint density at radius 1 is 1.12 bits per heavy atom. The smallest absolute Gasteiger partial charge is 0.407 e. The molecule has 2 aromatic carbocycles. The molecule has 1 amide bonds. The van der Waals surface area contributed by atoms with E-state index in [1.807, 2.05) is 25.1 Å². The van der Waals surface area contributed by atoms with Crippen LogP contribution in [0.2, 0.25) is 5.02 Å². The second-order valence-electron chi connectivity index (χ2n) is 8.15. The van der Waals surface area contributed by atoms with Gasteiger partial charge in [-0.2, -0.15) is 4.98 Å². The second kappa shape index (κ2) is 8.67. The molecule has 0 unspecified atom stereocenters. The highest BCUT2D eigenvalue weighted by atomic mass is 35.5. The normalized spacial score (nSPS) is 17.3.